The number of carbonyl (C=O) groups excluding carboxylic acids is 2. The second-order valence-electron chi connectivity index (χ2n) is 6.81. The summed E-state index contributed by atoms with van der Waals surface area (Å²) >= 11 is 0. The summed E-state index contributed by atoms with van der Waals surface area (Å²) in [7, 11) is 0. The molecule has 26 heavy (non-hydrogen) atoms. The summed E-state index contributed by atoms with van der Waals surface area (Å²) in [4.78, 5) is 28.7. The van der Waals surface area contributed by atoms with Crippen molar-refractivity contribution in [1.29, 1.82) is 0 Å². The molecule has 6 nitrogen and oxygen atoms in total. The van der Waals surface area contributed by atoms with Crippen LogP contribution in [0.2, 0.25) is 0 Å². The number of nitrogens with one attached hydrogen (secondary N) is 2. The SMILES string of the molecule is CC1(C)C(=O)Nc2cc(NC(=O)c3cccc(-n4ccnc4)c3)ccc21. The second-order valence-corrected chi connectivity index (χ2v) is 6.81. The Kier molecular flexibility index (Phi) is 3.61. The fourth-order valence-corrected chi connectivity index (χ4v) is 3.09. The van der Waals surface area contributed by atoms with Gasteiger partial charge in [0.1, 0.15) is 0 Å². The minimum Gasteiger partial charge on any atom is -0.325 e. The molecule has 2 N–H and O–H groups in total. The van der Waals surface area contributed by atoms with Crippen molar-refractivity contribution in [3.8, 4) is 5.69 Å². The van der Waals surface area contributed by atoms with Gasteiger partial charge in [0.2, 0.25) is 5.91 Å². The number of anilines is 2. The van der Waals surface area contributed by atoms with Crippen LogP contribution in [0.4, 0.5) is 11.4 Å². The Balaban J connectivity index is 1.57. The van der Waals surface area contributed by atoms with Crippen LogP contribution in [0.25, 0.3) is 5.69 Å². The van der Waals surface area contributed by atoms with E-state index in [1.54, 1.807) is 30.7 Å². The lowest BCUT2D eigenvalue weighted by Crippen LogP contribution is -2.26. The molecule has 0 atom stereocenters. The first-order chi connectivity index (χ1) is 12.4. The molecule has 4 rings (SSSR count). The second kappa shape index (κ2) is 5.84. The van der Waals surface area contributed by atoms with Crippen molar-refractivity contribution in [3.63, 3.8) is 0 Å². The molecule has 0 radical (unpaired) electrons. The maximum absolute atomic E-state index is 12.6. The average Bonchev–Trinajstić information content (AvgIpc) is 3.23. The molecule has 1 aliphatic heterocycles. The molecule has 6 heteroatoms. The van der Waals surface area contributed by atoms with Gasteiger partial charge in [-0.1, -0.05) is 12.1 Å². The lowest BCUT2D eigenvalue weighted by atomic mass is 9.86. The summed E-state index contributed by atoms with van der Waals surface area (Å²) in [5, 5.41) is 5.76. The molecule has 0 bridgehead atoms. The van der Waals surface area contributed by atoms with Crippen LogP contribution in [-0.4, -0.2) is 21.4 Å². The molecule has 2 aromatic carbocycles. The molecular weight excluding hydrogens is 328 g/mol. The van der Waals surface area contributed by atoms with E-state index in [0.29, 0.717) is 11.3 Å². The molecule has 0 unspecified atom stereocenters. The van der Waals surface area contributed by atoms with Crippen LogP contribution in [0.5, 0.6) is 0 Å². The Morgan fingerprint density at radius 3 is 2.81 bits per heavy atom. The molecule has 0 spiro atoms. The summed E-state index contributed by atoms with van der Waals surface area (Å²) in [5.74, 6) is -0.250. The number of amides is 2. The van der Waals surface area contributed by atoms with Gasteiger partial charge in [-0.05, 0) is 49.7 Å². The van der Waals surface area contributed by atoms with E-state index in [2.05, 4.69) is 15.6 Å². The third-order valence-corrected chi connectivity index (χ3v) is 4.68. The summed E-state index contributed by atoms with van der Waals surface area (Å²) in [6.07, 6.45) is 5.19. The number of hydrogen-bond acceptors (Lipinski definition) is 3. The highest BCUT2D eigenvalue weighted by Gasteiger charge is 2.38. The summed E-state index contributed by atoms with van der Waals surface area (Å²) < 4.78 is 1.84. The number of carbonyl (C=O) groups is 2. The van der Waals surface area contributed by atoms with Crippen LogP contribution < -0.4 is 10.6 Å². The van der Waals surface area contributed by atoms with E-state index >= 15 is 0 Å². The zero-order valence-electron chi connectivity index (χ0n) is 14.5. The monoisotopic (exact) mass is 346 g/mol. The average molecular weight is 346 g/mol. The third kappa shape index (κ3) is 2.65. The summed E-state index contributed by atoms with van der Waals surface area (Å²) in [6, 6.07) is 12.8. The Morgan fingerprint density at radius 1 is 1.19 bits per heavy atom. The number of benzene rings is 2. The van der Waals surface area contributed by atoms with Crippen LogP contribution >= 0.6 is 0 Å². The van der Waals surface area contributed by atoms with E-state index in [9.17, 15) is 9.59 Å². The molecular formula is C20H18N4O2. The largest absolute Gasteiger partial charge is 0.325 e. The van der Waals surface area contributed by atoms with Gasteiger partial charge in [-0.3, -0.25) is 9.59 Å². The summed E-state index contributed by atoms with van der Waals surface area (Å²) in [6.45, 7) is 3.77. The van der Waals surface area contributed by atoms with Gasteiger partial charge in [0.25, 0.3) is 5.91 Å². The smallest absolute Gasteiger partial charge is 0.255 e. The van der Waals surface area contributed by atoms with Gasteiger partial charge in [0, 0.05) is 35.0 Å². The van der Waals surface area contributed by atoms with E-state index in [1.807, 2.05) is 48.9 Å². The number of fused-ring (bicyclic) bond motifs is 1. The topological polar surface area (TPSA) is 76.0 Å². The normalized spacial score (nSPS) is 14.6. The van der Waals surface area contributed by atoms with Gasteiger partial charge in [-0.25, -0.2) is 4.98 Å². The lowest BCUT2D eigenvalue weighted by Gasteiger charge is -2.15. The van der Waals surface area contributed by atoms with E-state index in [-0.39, 0.29) is 11.8 Å². The molecule has 130 valence electrons. The van der Waals surface area contributed by atoms with Gasteiger partial charge in [0.05, 0.1) is 11.7 Å². The lowest BCUT2D eigenvalue weighted by molar-refractivity contribution is -0.119. The highest BCUT2D eigenvalue weighted by atomic mass is 16.2. The molecule has 0 aliphatic carbocycles. The molecule has 2 amide bonds. The molecule has 2 heterocycles. The van der Waals surface area contributed by atoms with E-state index in [4.69, 9.17) is 0 Å². The molecule has 1 aromatic heterocycles. The van der Waals surface area contributed by atoms with Crippen molar-refractivity contribution in [2.24, 2.45) is 0 Å². The quantitative estimate of drug-likeness (QED) is 0.763. The minimum absolute atomic E-state index is 0.0380. The Hall–Kier alpha value is -3.41. The Morgan fingerprint density at radius 2 is 2.04 bits per heavy atom. The van der Waals surface area contributed by atoms with Crippen LogP contribution in [0, 0.1) is 0 Å². The van der Waals surface area contributed by atoms with Crippen molar-refractivity contribution in [3.05, 3.63) is 72.3 Å². The first kappa shape index (κ1) is 16.1. The van der Waals surface area contributed by atoms with Gasteiger partial charge >= 0.3 is 0 Å². The minimum atomic E-state index is -0.559. The van der Waals surface area contributed by atoms with Crippen molar-refractivity contribution in [2.45, 2.75) is 19.3 Å². The molecule has 1 aliphatic rings. The molecule has 0 fully saturated rings. The van der Waals surface area contributed by atoms with Crippen LogP contribution in [0.15, 0.2) is 61.2 Å². The van der Waals surface area contributed by atoms with Gasteiger partial charge in [-0.2, -0.15) is 0 Å². The van der Waals surface area contributed by atoms with Crippen molar-refractivity contribution < 1.29 is 9.59 Å². The highest BCUT2D eigenvalue weighted by Crippen LogP contribution is 2.38. The van der Waals surface area contributed by atoms with Crippen LogP contribution in [-0.2, 0) is 10.2 Å². The number of aromatic nitrogens is 2. The number of imidazole rings is 1. The van der Waals surface area contributed by atoms with Crippen molar-refractivity contribution in [2.75, 3.05) is 10.6 Å². The van der Waals surface area contributed by atoms with Gasteiger partial charge in [-0.15, -0.1) is 0 Å². The predicted octanol–water partition coefficient (Wildman–Crippen LogP) is 3.35. The van der Waals surface area contributed by atoms with E-state index in [0.717, 1.165) is 16.9 Å². The zero-order chi connectivity index (χ0) is 18.3. The fraction of sp³-hybridized carbons (Fsp3) is 0.150. The predicted molar refractivity (Wildman–Crippen MR) is 99.6 cm³/mol. The standard InChI is InChI=1S/C20H18N4O2/c1-20(2)16-7-6-14(11-17(16)23-19(20)26)22-18(25)13-4-3-5-15(10-13)24-9-8-21-12-24/h3-12H,1-2H3,(H,22,25)(H,23,26). The van der Waals surface area contributed by atoms with Gasteiger partial charge < -0.3 is 15.2 Å². The number of hydrogen-bond donors (Lipinski definition) is 2. The van der Waals surface area contributed by atoms with E-state index < -0.39 is 5.41 Å². The Bertz CT molecular complexity index is 1010. The molecule has 0 saturated heterocycles. The third-order valence-electron chi connectivity index (χ3n) is 4.68. The van der Waals surface area contributed by atoms with E-state index in [1.165, 1.54) is 0 Å². The van der Waals surface area contributed by atoms with Crippen LogP contribution in [0.3, 0.4) is 0 Å². The van der Waals surface area contributed by atoms with Gasteiger partial charge in [0.15, 0.2) is 0 Å². The maximum Gasteiger partial charge on any atom is 0.255 e. The highest BCUT2D eigenvalue weighted by molar-refractivity contribution is 6.08. The number of rotatable bonds is 3. The first-order valence-corrected chi connectivity index (χ1v) is 8.31. The van der Waals surface area contributed by atoms with Crippen LogP contribution in [0.1, 0.15) is 29.8 Å². The van der Waals surface area contributed by atoms with Crippen molar-refractivity contribution >= 4 is 23.2 Å². The zero-order valence-corrected chi connectivity index (χ0v) is 14.5. The summed E-state index contributed by atoms with van der Waals surface area (Å²) in [5.41, 5.74) is 3.16. The Labute approximate surface area is 150 Å². The fourth-order valence-electron chi connectivity index (χ4n) is 3.09. The molecule has 3 aromatic rings. The first-order valence-electron chi connectivity index (χ1n) is 8.31. The van der Waals surface area contributed by atoms with Crippen molar-refractivity contribution in [1.82, 2.24) is 9.55 Å². The maximum atomic E-state index is 12.6. The molecule has 0 saturated carbocycles. The number of nitrogens with zero attached hydrogens (tertiary/aromatic N) is 2.